The Kier molecular flexibility index (Phi) is 5.91. The Morgan fingerprint density at radius 3 is 2.55 bits per heavy atom. The molecule has 0 bridgehead atoms. The van der Waals surface area contributed by atoms with Gasteiger partial charge in [-0.3, -0.25) is 0 Å². The van der Waals surface area contributed by atoms with Crippen molar-refractivity contribution in [2.45, 2.75) is 46.0 Å². The number of allylic oxidation sites excluding steroid dienone is 1. The van der Waals surface area contributed by atoms with Gasteiger partial charge in [-0.1, -0.05) is 25.3 Å². The largest absolute Gasteiger partial charge is 0.494 e. The summed E-state index contributed by atoms with van der Waals surface area (Å²) in [6.07, 6.45) is 6.47. The average molecular weight is 309 g/mol. The summed E-state index contributed by atoms with van der Waals surface area (Å²) in [5.74, 6) is 1.49. The molecule has 0 spiro atoms. The van der Waals surface area contributed by atoms with Crippen molar-refractivity contribution in [2.24, 2.45) is 5.92 Å². The van der Waals surface area contributed by atoms with E-state index in [2.05, 4.69) is 19.1 Å². The molecule has 1 aromatic carbocycles. The highest BCUT2D eigenvalue weighted by Gasteiger charge is 2.19. The minimum Gasteiger partial charge on any atom is -0.494 e. The minimum absolute atomic E-state index is 0.578. The Labute approximate surface area is 133 Å². The van der Waals surface area contributed by atoms with Crippen LogP contribution in [0.2, 0.25) is 0 Å². The molecule has 2 rings (SSSR count). The van der Waals surface area contributed by atoms with Crippen LogP contribution in [0, 0.1) is 12.8 Å². The van der Waals surface area contributed by atoms with Crippen LogP contribution in [0.5, 0.6) is 5.75 Å². The molecule has 0 aromatic heterocycles. The molecule has 1 saturated carbocycles. The first-order valence-corrected chi connectivity index (χ1v) is 8.38. The second-order valence-corrected chi connectivity index (χ2v) is 6.41. The second-order valence-electron chi connectivity index (χ2n) is 5.48. The molecule has 0 amide bonds. The molecule has 0 radical (unpaired) electrons. The fourth-order valence-corrected chi connectivity index (χ4v) is 3.62. The van der Waals surface area contributed by atoms with Crippen molar-refractivity contribution < 1.29 is 4.74 Å². The van der Waals surface area contributed by atoms with E-state index in [-0.39, 0.29) is 0 Å². The lowest BCUT2D eigenvalue weighted by Crippen LogP contribution is -2.07. The highest BCUT2D eigenvalue weighted by atomic mass is 32.1. The Morgan fingerprint density at radius 2 is 1.90 bits per heavy atom. The van der Waals surface area contributed by atoms with Crippen molar-refractivity contribution in [3.8, 4) is 5.75 Å². The third-order valence-electron chi connectivity index (χ3n) is 4.01. The second kappa shape index (κ2) is 7.46. The molecule has 0 aliphatic heterocycles. The van der Waals surface area contributed by atoms with E-state index in [1.54, 1.807) is 0 Å². The molecule has 1 aliphatic carbocycles. The van der Waals surface area contributed by atoms with E-state index in [1.165, 1.54) is 37.7 Å². The number of hydrogen-bond donors (Lipinski definition) is 2. The SMILES string of the molecule is CCOc1ccc(C)c(/C(S)=C(/S)C2CCCCC2)c1. The van der Waals surface area contributed by atoms with Crippen LogP contribution < -0.4 is 4.74 Å². The van der Waals surface area contributed by atoms with Crippen LogP contribution in [0.1, 0.15) is 50.2 Å². The lowest BCUT2D eigenvalue weighted by atomic mass is 9.88. The average Bonchev–Trinajstić information content (AvgIpc) is 2.49. The Hall–Kier alpha value is -0.540. The van der Waals surface area contributed by atoms with Gasteiger partial charge in [-0.05, 0) is 60.8 Å². The summed E-state index contributed by atoms with van der Waals surface area (Å²) in [6, 6.07) is 6.20. The van der Waals surface area contributed by atoms with Gasteiger partial charge in [0.2, 0.25) is 0 Å². The summed E-state index contributed by atoms with van der Waals surface area (Å²) in [7, 11) is 0. The molecule has 0 N–H and O–H groups in total. The quantitative estimate of drug-likeness (QED) is 0.698. The first-order chi connectivity index (χ1) is 9.63. The maximum atomic E-state index is 5.60. The molecule has 1 fully saturated rings. The molecule has 1 nitrogen and oxygen atoms in total. The molecule has 110 valence electrons. The zero-order valence-electron chi connectivity index (χ0n) is 12.4. The van der Waals surface area contributed by atoms with E-state index < -0.39 is 0 Å². The van der Waals surface area contributed by atoms with Gasteiger partial charge in [0.1, 0.15) is 5.75 Å². The fourth-order valence-electron chi connectivity index (χ4n) is 2.82. The Bertz CT molecular complexity index is 488. The van der Waals surface area contributed by atoms with Crippen LogP contribution in [0.4, 0.5) is 0 Å². The molecule has 1 aromatic rings. The molecule has 0 saturated heterocycles. The van der Waals surface area contributed by atoms with Crippen LogP contribution >= 0.6 is 25.3 Å². The Balaban J connectivity index is 2.30. The first kappa shape index (κ1) is 15.8. The highest BCUT2D eigenvalue weighted by molar-refractivity contribution is 7.93. The maximum absolute atomic E-state index is 5.60. The highest BCUT2D eigenvalue weighted by Crippen LogP contribution is 2.39. The van der Waals surface area contributed by atoms with Crippen LogP contribution in [0.25, 0.3) is 4.91 Å². The van der Waals surface area contributed by atoms with Gasteiger partial charge >= 0.3 is 0 Å². The van der Waals surface area contributed by atoms with Gasteiger partial charge in [0.15, 0.2) is 0 Å². The molecular weight excluding hydrogens is 284 g/mol. The monoisotopic (exact) mass is 308 g/mol. The summed E-state index contributed by atoms with van der Waals surface area (Å²) >= 11 is 9.53. The zero-order chi connectivity index (χ0) is 14.5. The summed E-state index contributed by atoms with van der Waals surface area (Å²) in [5.41, 5.74) is 2.37. The van der Waals surface area contributed by atoms with Crippen molar-refractivity contribution in [3.63, 3.8) is 0 Å². The van der Waals surface area contributed by atoms with Gasteiger partial charge < -0.3 is 4.74 Å². The lowest BCUT2D eigenvalue weighted by Gasteiger charge is -2.23. The molecule has 1 aliphatic rings. The molecular formula is C17H24OS2. The van der Waals surface area contributed by atoms with Crippen molar-refractivity contribution >= 4 is 30.2 Å². The Morgan fingerprint density at radius 1 is 1.20 bits per heavy atom. The number of hydrogen-bond acceptors (Lipinski definition) is 3. The first-order valence-electron chi connectivity index (χ1n) is 7.49. The van der Waals surface area contributed by atoms with Gasteiger partial charge in [0.25, 0.3) is 0 Å². The van der Waals surface area contributed by atoms with Crippen molar-refractivity contribution in [2.75, 3.05) is 6.61 Å². The molecule has 0 unspecified atom stereocenters. The van der Waals surface area contributed by atoms with E-state index in [0.29, 0.717) is 12.5 Å². The van der Waals surface area contributed by atoms with Gasteiger partial charge in [-0.25, -0.2) is 0 Å². The number of benzene rings is 1. The topological polar surface area (TPSA) is 9.23 Å². The summed E-state index contributed by atoms with van der Waals surface area (Å²) < 4.78 is 5.60. The third-order valence-corrected chi connectivity index (χ3v) is 5.26. The van der Waals surface area contributed by atoms with Crippen molar-refractivity contribution in [1.82, 2.24) is 0 Å². The molecule has 0 atom stereocenters. The van der Waals surface area contributed by atoms with Crippen LogP contribution in [-0.4, -0.2) is 6.61 Å². The zero-order valence-corrected chi connectivity index (χ0v) is 14.1. The van der Waals surface area contributed by atoms with Gasteiger partial charge in [0.05, 0.1) is 6.61 Å². The third kappa shape index (κ3) is 3.76. The van der Waals surface area contributed by atoms with Gasteiger partial charge in [-0.2, -0.15) is 0 Å². The number of thiol groups is 2. The van der Waals surface area contributed by atoms with E-state index in [9.17, 15) is 0 Å². The fraction of sp³-hybridized carbons (Fsp3) is 0.529. The summed E-state index contributed by atoms with van der Waals surface area (Å²) in [6.45, 7) is 4.80. The van der Waals surface area contributed by atoms with E-state index in [0.717, 1.165) is 21.1 Å². The minimum atomic E-state index is 0.578. The predicted octanol–water partition coefficient (Wildman–Crippen LogP) is 5.50. The van der Waals surface area contributed by atoms with E-state index in [4.69, 9.17) is 30.0 Å². The summed E-state index contributed by atoms with van der Waals surface area (Å²) in [5, 5.41) is 0. The predicted molar refractivity (Wildman–Crippen MR) is 93.8 cm³/mol. The van der Waals surface area contributed by atoms with Crippen molar-refractivity contribution in [1.29, 1.82) is 0 Å². The summed E-state index contributed by atoms with van der Waals surface area (Å²) in [4.78, 5) is 2.16. The van der Waals surface area contributed by atoms with E-state index >= 15 is 0 Å². The van der Waals surface area contributed by atoms with Gasteiger partial charge in [0, 0.05) is 4.91 Å². The lowest BCUT2D eigenvalue weighted by molar-refractivity contribution is 0.340. The van der Waals surface area contributed by atoms with Crippen LogP contribution in [0.15, 0.2) is 23.1 Å². The standard InChI is InChI=1S/C17H24OS2/c1-3-18-14-10-9-12(2)15(11-14)17(20)16(19)13-7-5-4-6-8-13/h9-11,13,19-20H,3-8H2,1-2H3/b17-16-. The number of ether oxygens (including phenoxy) is 1. The maximum Gasteiger partial charge on any atom is 0.119 e. The van der Waals surface area contributed by atoms with Gasteiger partial charge in [-0.15, -0.1) is 25.3 Å². The van der Waals surface area contributed by atoms with Crippen LogP contribution in [-0.2, 0) is 0 Å². The normalized spacial score (nSPS) is 17.8. The smallest absolute Gasteiger partial charge is 0.119 e. The van der Waals surface area contributed by atoms with Crippen LogP contribution in [0.3, 0.4) is 0 Å². The van der Waals surface area contributed by atoms with Crippen molar-refractivity contribution in [3.05, 3.63) is 34.2 Å². The number of rotatable bonds is 4. The van der Waals surface area contributed by atoms with E-state index in [1.807, 2.05) is 13.0 Å². The molecule has 20 heavy (non-hydrogen) atoms. The molecule has 3 heteroatoms. The number of aryl methyl sites for hydroxylation is 1. The molecule has 0 heterocycles.